The van der Waals surface area contributed by atoms with Crippen LogP contribution in [0.15, 0.2) is 18.2 Å². The van der Waals surface area contributed by atoms with Gasteiger partial charge in [0, 0.05) is 7.05 Å². The molecule has 0 bridgehead atoms. The average molecular weight is 237 g/mol. The predicted molar refractivity (Wildman–Crippen MR) is 59.5 cm³/mol. The van der Waals surface area contributed by atoms with E-state index in [2.05, 4.69) is 10.1 Å². The van der Waals surface area contributed by atoms with Crippen molar-refractivity contribution in [2.75, 3.05) is 14.2 Å². The lowest BCUT2D eigenvalue weighted by molar-refractivity contribution is 0.359. The van der Waals surface area contributed by atoms with Crippen molar-refractivity contribution in [2.24, 2.45) is 7.05 Å². The second-order valence-electron chi connectivity index (χ2n) is 3.39. The van der Waals surface area contributed by atoms with E-state index in [1.165, 1.54) is 37.1 Å². The van der Waals surface area contributed by atoms with Crippen LogP contribution < -0.4 is 9.47 Å². The molecule has 0 aliphatic heterocycles. The maximum absolute atomic E-state index is 13.2. The summed E-state index contributed by atoms with van der Waals surface area (Å²) in [5.41, 5.74) is 0.492. The van der Waals surface area contributed by atoms with Crippen molar-refractivity contribution in [2.45, 2.75) is 0 Å². The Bertz CT molecular complexity index is 540. The van der Waals surface area contributed by atoms with Crippen molar-refractivity contribution in [3.8, 4) is 23.1 Å². The molecule has 0 atom stereocenters. The first-order valence-electron chi connectivity index (χ1n) is 4.94. The van der Waals surface area contributed by atoms with Crippen LogP contribution in [-0.2, 0) is 7.05 Å². The standard InChI is InChI=1S/C11H12FN3O2/c1-15-11(17-3)13-10(14-15)8-6-7(12)4-5-9(8)16-2/h4-6H,1-3H3. The topological polar surface area (TPSA) is 49.2 Å². The largest absolute Gasteiger partial charge is 0.496 e. The highest BCUT2D eigenvalue weighted by Crippen LogP contribution is 2.29. The number of nitrogens with zero attached hydrogens (tertiary/aromatic N) is 3. The smallest absolute Gasteiger partial charge is 0.314 e. The molecule has 0 unspecified atom stereocenters. The molecular formula is C11H12FN3O2. The maximum atomic E-state index is 13.2. The molecule has 0 fully saturated rings. The van der Waals surface area contributed by atoms with E-state index in [1.54, 1.807) is 7.05 Å². The lowest BCUT2D eigenvalue weighted by atomic mass is 10.2. The Morgan fingerprint density at radius 2 is 2.00 bits per heavy atom. The van der Waals surface area contributed by atoms with Crippen molar-refractivity contribution in [1.82, 2.24) is 14.8 Å². The number of rotatable bonds is 3. The van der Waals surface area contributed by atoms with E-state index < -0.39 is 0 Å². The lowest BCUT2D eigenvalue weighted by Crippen LogP contribution is -1.95. The highest BCUT2D eigenvalue weighted by atomic mass is 19.1. The molecule has 0 spiro atoms. The van der Waals surface area contributed by atoms with Gasteiger partial charge in [-0.1, -0.05) is 0 Å². The number of halogens is 1. The van der Waals surface area contributed by atoms with Crippen molar-refractivity contribution in [3.63, 3.8) is 0 Å². The fraction of sp³-hybridized carbons (Fsp3) is 0.273. The molecule has 17 heavy (non-hydrogen) atoms. The van der Waals surface area contributed by atoms with Gasteiger partial charge in [-0.3, -0.25) is 0 Å². The number of ether oxygens (including phenoxy) is 2. The number of aryl methyl sites for hydroxylation is 1. The molecule has 0 saturated heterocycles. The first-order valence-corrected chi connectivity index (χ1v) is 4.94. The fourth-order valence-corrected chi connectivity index (χ4v) is 1.52. The molecule has 1 heterocycles. The maximum Gasteiger partial charge on any atom is 0.314 e. The molecule has 0 aliphatic rings. The average Bonchev–Trinajstić information content (AvgIpc) is 2.70. The summed E-state index contributed by atoms with van der Waals surface area (Å²) in [6, 6.07) is 4.54. The zero-order valence-electron chi connectivity index (χ0n) is 9.77. The molecule has 2 aromatic rings. The van der Waals surface area contributed by atoms with Gasteiger partial charge in [0.05, 0.1) is 19.8 Å². The van der Waals surface area contributed by atoms with Crippen LogP contribution in [0, 0.1) is 5.82 Å². The van der Waals surface area contributed by atoms with Crippen LogP contribution in [0.1, 0.15) is 0 Å². The summed E-state index contributed by atoms with van der Waals surface area (Å²) in [5.74, 6) is 0.507. The van der Waals surface area contributed by atoms with Gasteiger partial charge in [-0.15, -0.1) is 5.10 Å². The van der Waals surface area contributed by atoms with Crippen LogP contribution in [-0.4, -0.2) is 29.0 Å². The first kappa shape index (κ1) is 11.4. The van der Waals surface area contributed by atoms with Gasteiger partial charge in [-0.25, -0.2) is 9.07 Å². The van der Waals surface area contributed by atoms with Crippen molar-refractivity contribution in [3.05, 3.63) is 24.0 Å². The second kappa shape index (κ2) is 4.40. The summed E-state index contributed by atoms with van der Waals surface area (Å²) in [5, 5.41) is 4.14. The minimum absolute atomic E-state index is 0.353. The Hall–Kier alpha value is -2.11. The molecule has 5 nitrogen and oxygen atoms in total. The highest BCUT2D eigenvalue weighted by molar-refractivity contribution is 5.64. The first-order chi connectivity index (χ1) is 8.15. The summed E-state index contributed by atoms with van der Waals surface area (Å²) in [6.07, 6.45) is 0. The van der Waals surface area contributed by atoms with Crippen LogP contribution in [0.3, 0.4) is 0 Å². The third-order valence-electron chi connectivity index (χ3n) is 2.31. The molecule has 6 heteroatoms. The number of methoxy groups -OCH3 is 2. The summed E-state index contributed by atoms with van der Waals surface area (Å²) in [6.45, 7) is 0. The van der Waals surface area contributed by atoms with Gasteiger partial charge in [-0.2, -0.15) is 4.98 Å². The van der Waals surface area contributed by atoms with E-state index in [9.17, 15) is 4.39 Å². The van der Waals surface area contributed by atoms with Gasteiger partial charge in [0.1, 0.15) is 11.6 Å². The number of benzene rings is 1. The van der Waals surface area contributed by atoms with Gasteiger partial charge in [0.15, 0.2) is 5.82 Å². The van der Waals surface area contributed by atoms with Crippen LogP contribution in [0.4, 0.5) is 4.39 Å². The SMILES string of the molecule is COc1ccc(F)cc1-c1nc(OC)n(C)n1. The molecule has 90 valence electrons. The lowest BCUT2D eigenvalue weighted by Gasteiger charge is -2.04. The number of hydrogen-bond donors (Lipinski definition) is 0. The Labute approximate surface area is 97.8 Å². The summed E-state index contributed by atoms with van der Waals surface area (Å²) < 4.78 is 24.8. The predicted octanol–water partition coefficient (Wildman–Crippen LogP) is 1.64. The van der Waals surface area contributed by atoms with Gasteiger partial charge in [0.2, 0.25) is 0 Å². The molecule has 1 aromatic heterocycles. The molecule has 0 N–H and O–H groups in total. The Morgan fingerprint density at radius 1 is 1.24 bits per heavy atom. The number of hydrogen-bond acceptors (Lipinski definition) is 4. The van der Waals surface area contributed by atoms with Crippen molar-refractivity contribution < 1.29 is 13.9 Å². The summed E-state index contributed by atoms with van der Waals surface area (Å²) in [4.78, 5) is 4.13. The molecular weight excluding hydrogens is 225 g/mol. The second-order valence-corrected chi connectivity index (χ2v) is 3.39. The van der Waals surface area contributed by atoms with Gasteiger partial charge in [0.25, 0.3) is 0 Å². The Morgan fingerprint density at radius 3 is 2.59 bits per heavy atom. The van der Waals surface area contributed by atoms with Gasteiger partial charge < -0.3 is 9.47 Å². The zero-order chi connectivity index (χ0) is 12.4. The van der Waals surface area contributed by atoms with E-state index in [-0.39, 0.29) is 5.82 Å². The third kappa shape index (κ3) is 2.06. The van der Waals surface area contributed by atoms with Gasteiger partial charge in [-0.05, 0) is 18.2 Å². The van der Waals surface area contributed by atoms with Crippen LogP contribution in [0.5, 0.6) is 11.8 Å². The number of aromatic nitrogens is 3. The molecule has 1 aromatic carbocycles. The van der Waals surface area contributed by atoms with E-state index in [0.717, 1.165) is 0 Å². The minimum Gasteiger partial charge on any atom is -0.496 e. The van der Waals surface area contributed by atoms with Crippen LogP contribution >= 0.6 is 0 Å². The van der Waals surface area contributed by atoms with E-state index in [0.29, 0.717) is 23.1 Å². The van der Waals surface area contributed by atoms with E-state index in [1.807, 2.05) is 0 Å². The van der Waals surface area contributed by atoms with Crippen molar-refractivity contribution in [1.29, 1.82) is 0 Å². The van der Waals surface area contributed by atoms with E-state index >= 15 is 0 Å². The third-order valence-corrected chi connectivity index (χ3v) is 2.31. The molecule has 0 radical (unpaired) electrons. The quantitative estimate of drug-likeness (QED) is 0.814. The highest BCUT2D eigenvalue weighted by Gasteiger charge is 2.14. The zero-order valence-corrected chi connectivity index (χ0v) is 9.77. The normalized spacial score (nSPS) is 10.4. The monoisotopic (exact) mass is 237 g/mol. The summed E-state index contributed by atoms with van der Waals surface area (Å²) in [7, 11) is 4.70. The summed E-state index contributed by atoms with van der Waals surface area (Å²) >= 11 is 0. The van der Waals surface area contributed by atoms with Crippen LogP contribution in [0.2, 0.25) is 0 Å². The van der Waals surface area contributed by atoms with Crippen LogP contribution in [0.25, 0.3) is 11.4 Å². The minimum atomic E-state index is -0.368. The van der Waals surface area contributed by atoms with Crippen molar-refractivity contribution >= 4 is 0 Å². The van der Waals surface area contributed by atoms with E-state index in [4.69, 9.17) is 9.47 Å². The molecule has 0 aliphatic carbocycles. The Kier molecular flexibility index (Phi) is 2.95. The molecule has 0 amide bonds. The molecule has 0 saturated carbocycles. The fourth-order valence-electron chi connectivity index (χ4n) is 1.52. The Balaban J connectivity index is 2.54. The molecule has 2 rings (SSSR count). The van der Waals surface area contributed by atoms with Gasteiger partial charge >= 0.3 is 6.01 Å².